The van der Waals surface area contributed by atoms with Crippen LogP contribution >= 0.6 is 27.3 Å². The third-order valence-corrected chi connectivity index (χ3v) is 5.36. The van der Waals surface area contributed by atoms with Gasteiger partial charge in [0.15, 0.2) is 0 Å². The fourth-order valence-corrected chi connectivity index (χ4v) is 4.24. The average molecular weight is 338 g/mol. The zero-order valence-corrected chi connectivity index (χ0v) is 14.2. The summed E-state index contributed by atoms with van der Waals surface area (Å²) in [6.45, 7) is 6.60. The molecular formula is C16H20BrNS. The van der Waals surface area contributed by atoms with E-state index in [9.17, 15) is 0 Å². The number of halogens is 1. The Kier molecular flexibility index (Phi) is 4.82. The van der Waals surface area contributed by atoms with E-state index in [2.05, 4.69) is 72.3 Å². The molecule has 0 saturated carbocycles. The van der Waals surface area contributed by atoms with Gasteiger partial charge in [-0.1, -0.05) is 38.1 Å². The van der Waals surface area contributed by atoms with Crippen molar-refractivity contribution in [3.8, 4) is 0 Å². The Morgan fingerprint density at radius 2 is 1.68 bits per heavy atom. The molecule has 102 valence electrons. The van der Waals surface area contributed by atoms with Gasteiger partial charge in [-0.3, -0.25) is 0 Å². The van der Waals surface area contributed by atoms with Gasteiger partial charge in [-0.2, -0.15) is 0 Å². The van der Waals surface area contributed by atoms with Crippen LogP contribution in [0.25, 0.3) is 0 Å². The van der Waals surface area contributed by atoms with Crippen molar-refractivity contribution in [2.24, 2.45) is 0 Å². The Morgan fingerprint density at radius 3 is 2.11 bits per heavy atom. The van der Waals surface area contributed by atoms with Gasteiger partial charge in [-0.05, 0) is 53.0 Å². The Morgan fingerprint density at radius 1 is 1.11 bits per heavy atom. The summed E-state index contributed by atoms with van der Waals surface area (Å²) in [6.07, 6.45) is 0. The Balaban J connectivity index is 2.34. The van der Waals surface area contributed by atoms with Crippen molar-refractivity contribution < 1.29 is 0 Å². The van der Waals surface area contributed by atoms with E-state index in [1.807, 2.05) is 18.4 Å². The third-order valence-electron chi connectivity index (χ3n) is 3.32. The van der Waals surface area contributed by atoms with Gasteiger partial charge in [0.1, 0.15) is 0 Å². The molecule has 0 bridgehead atoms. The molecule has 1 heterocycles. The quantitative estimate of drug-likeness (QED) is 0.803. The van der Waals surface area contributed by atoms with Gasteiger partial charge in [-0.25, -0.2) is 0 Å². The molecule has 0 aliphatic rings. The molecule has 0 fully saturated rings. The number of benzene rings is 1. The van der Waals surface area contributed by atoms with E-state index in [1.54, 1.807) is 0 Å². The topological polar surface area (TPSA) is 12.0 Å². The van der Waals surface area contributed by atoms with E-state index in [0.29, 0.717) is 5.92 Å². The van der Waals surface area contributed by atoms with Crippen LogP contribution in [0.15, 0.2) is 34.8 Å². The van der Waals surface area contributed by atoms with Crippen LogP contribution in [0.2, 0.25) is 0 Å². The van der Waals surface area contributed by atoms with Crippen LogP contribution < -0.4 is 5.32 Å². The summed E-state index contributed by atoms with van der Waals surface area (Å²) in [6, 6.07) is 11.4. The predicted molar refractivity (Wildman–Crippen MR) is 88.2 cm³/mol. The molecule has 1 nitrogen and oxygen atoms in total. The van der Waals surface area contributed by atoms with Crippen LogP contribution in [-0.4, -0.2) is 7.05 Å². The molecule has 0 spiro atoms. The highest BCUT2D eigenvalue weighted by Gasteiger charge is 2.17. The number of hydrogen-bond donors (Lipinski definition) is 1. The second kappa shape index (κ2) is 6.21. The van der Waals surface area contributed by atoms with Crippen molar-refractivity contribution in [3.05, 3.63) is 55.7 Å². The van der Waals surface area contributed by atoms with E-state index >= 15 is 0 Å². The summed E-state index contributed by atoms with van der Waals surface area (Å²) in [4.78, 5) is 2.68. The van der Waals surface area contributed by atoms with Crippen molar-refractivity contribution in [1.82, 2.24) is 5.32 Å². The smallest absolute Gasteiger partial charge is 0.0680 e. The summed E-state index contributed by atoms with van der Waals surface area (Å²) in [5, 5.41) is 3.42. The highest BCUT2D eigenvalue weighted by atomic mass is 79.9. The van der Waals surface area contributed by atoms with E-state index in [0.717, 1.165) is 0 Å². The maximum absolute atomic E-state index is 3.66. The molecule has 3 heteroatoms. The second-order valence-electron chi connectivity index (χ2n) is 5.11. The van der Waals surface area contributed by atoms with Gasteiger partial charge < -0.3 is 5.32 Å². The van der Waals surface area contributed by atoms with Gasteiger partial charge in [-0.15, -0.1) is 11.3 Å². The first-order valence-electron chi connectivity index (χ1n) is 6.56. The molecule has 1 aromatic heterocycles. The summed E-state index contributed by atoms with van der Waals surface area (Å²) >= 11 is 5.51. The predicted octanol–water partition coefficient (Wildman–Crippen LogP) is 5.25. The molecule has 1 N–H and O–H groups in total. The monoisotopic (exact) mass is 337 g/mol. The zero-order chi connectivity index (χ0) is 14.0. The molecule has 0 aliphatic carbocycles. The lowest BCUT2D eigenvalue weighted by Gasteiger charge is -2.17. The Hall–Kier alpha value is -0.640. The zero-order valence-electron chi connectivity index (χ0n) is 11.8. The lowest BCUT2D eigenvalue weighted by Crippen LogP contribution is -2.16. The van der Waals surface area contributed by atoms with Crippen LogP contribution in [0.1, 0.15) is 46.7 Å². The van der Waals surface area contributed by atoms with Crippen molar-refractivity contribution in [2.45, 2.75) is 32.7 Å². The van der Waals surface area contributed by atoms with E-state index in [4.69, 9.17) is 0 Å². The normalized spacial score (nSPS) is 12.9. The molecule has 0 amide bonds. The minimum Gasteiger partial charge on any atom is -0.309 e. The maximum Gasteiger partial charge on any atom is 0.0680 e. The second-order valence-corrected chi connectivity index (χ2v) is 7.25. The van der Waals surface area contributed by atoms with E-state index in [-0.39, 0.29) is 6.04 Å². The number of hydrogen-bond acceptors (Lipinski definition) is 2. The first-order valence-corrected chi connectivity index (χ1v) is 8.16. The highest BCUT2D eigenvalue weighted by Crippen LogP contribution is 2.35. The average Bonchev–Trinajstić information content (AvgIpc) is 2.70. The summed E-state index contributed by atoms with van der Waals surface area (Å²) in [5.74, 6) is 0.581. The third kappa shape index (κ3) is 3.28. The Labute approximate surface area is 128 Å². The van der Waals surface area contributed by atoms with Crippen LogP contribution in [0.4, 0.5) is 0 Å². The molecule has 1 atom stereocenters. The Bertz CT molecular complexity index is 542. The molecule has 0 aliphatic heterocycles. The standard InChI is InChI=1S/C16H20BrNS/c1-10(2)12-5-7-13(8-6-12)15(18-4)16-14(17)9-11(3)19-16/h5-10,15,18H,1-4H3. The highest BCUT2D eigenvalue weighted by molar-refractivity contribution is 9.10. The van der Waals surface area contributed by atoms with Crippen LogP contribution in [0.3, 0.4) is 0 Å². The molecule has 2 rings (SSSR count). The molecule has 1 aromatic carbocycles. The fourth-order valence-electron chi connectivity index (χ4n) is 2.22. The van der Waals surface area contributed by atoms with Crippen LogP contribution in [0, 0.1) is 6.92 Å². The molecule has 0 saturated heterocycles. The molecule has 19 heavy (non-hydrogen) atoms. The van der Waals surface area contributed by atoms with Gasteiger partial charge in [0.05, 0.1) is 6.04 Å². The minimum atomic E-state index is 0.259. The largest absolute Gasteiger partial charge is 0.309 e. The summed E-state index contributed by atoms with van der Waals surface area (Å²) < 4.78 is 1.20. The molecule has 2 aromatic rings. The van der Waals surface area contributed by atoms with Gasteiger partial charge in [0.2, 0.25) is 0 Å². The number of rotatable bonds is 4. The molecular weight excluding hydrogens is 318 g/mol. The summed E-state index contributed by atoms with van der Waals surface area (Å²) in [5.41, 5.74) is 2.70. The number of nitrogens with one attached hydrogen (secondary N) is 1. The maximum atomic E-state index is 3.66. The van der Waals surface area contributed by atoms with Crippen LogP contribution in [-0.2, 0) is 0 Å². The van der Waals surface area contributed by atoms with Crippen molar-refractivity contribution in [3.63, 3.8) is 0 Å². The fraction of sp³-hybridized carbons (Fsp3) is 0.375. The molecule has 0 radical (unpaired) electrons. The molecule has 1 unspecified atom stereocenters. The van der Waals surface area contributed by atoms with Crippen LogP contribution in [0.5, 0.6) is 0 Å². The van der Waals surface area contributed by atoms with Crippen molar-refractivity contribution in [2.75, 3.05) is 7.05 Å². The van der Waals surface area contributed by atoms with E-state index in [1.165, 1.54) is 25.4 Å². The number of aryl methyl sites for hydroxylation is 1. The van der Waals surface area contributed by atoms with Crippen molar-refractivity contribution >= 4 is 27.3 Å². The first kappa shape index (κ1) is 14.8. The minimum absolute atomic E-state index is 0.259. The van der Waals surface area contributed by atoms with Gasteiger partial charge in [0.25, 0.3) is 0 Å². The summed E-state index contributed by atoms with van der Waals surface area (Å²) in [7, 11) is 2.02. The SMILES string of the molecule is CNC(c1ccc(C(C)C)cc1)c1sc(C)cc1Br. The lowest BCUT2D eigenvalue weighted by atomic mass is 9.98. The lowest BCUT2D eigenvalue weighted by molar-refractivity contribution is 0.700. The number of thiophene rings is 1. The van der Waals surface area contributed by atoms with Crippen molar-refractivity contribution in [1.29, 1.82) is 0 Å². The van der Waals surface area contributed by atoms with E-state index < -0.39 is 0 Å². The van der Waals surface area contributed by atoms with Gasteiger partial charge >= 0.3 is 0 Å². The van der Waals surface area contributed by atoms with Gasteiger partial charge in [0, 0.05) is 14.2 Å². The first-order chi connectivity index (χ1) is 9.02.